The summed E-state index contributed by atoms with van der Waals surface area (Å²) in [5.74, 6) is 0.00444. The van der Waals surface area contributed by atoms with Gasteiger partial charge in [0.05, 0.1) is 17.0 Å². The van der Waals surface area contributed by atoms with Crippen LogP contribution in [0.1, 0.15) is 11.1 Å². The molecular weight excluding hydrogens is 486 g/mol. The van der Waals surface area contributed by atoms with Crippen LogP contribution in [-0.4, -0.2) is 18.2 Å². The maximum absolute atomic E-state index is 13.8. The van der Waals surface area contributed by atoms with Crippen molar-refractivity contribution in [2.45, 2.75) is 6.61 Å². The van der Waals surface area contributed by atoms with Crippen molar-refractivity contribution >= 4 is 57.8 Å². The van der Waals surface area contributed by atoms with Crippen molar-refractivity contribution in [3.8, 4) is 11.5 Å². The molecule has 0 radical (unpaired) electrons. The van der Waals surface area contributed by atoms with Gasteiger partial charge in [-0.25, -0.2) is 9.38 Å². The standard InChI is InChI=1S/C24H17Cl2FN2O3S/c1-31-20-11-15(10-17(26)22(20)32-13-14-6-8-16(25)9-7-14)12-21-23(30)29-24(33-21)28-19-5-3-2-4-18(19)27/h2-12H,13H2,1H3,(H,28,29,30)/b21-12-. The van der Waals surface area contributed by atoms with Crippen LogP contribution in [0.3, 0.4) is 0 Å². The molecule has 3 aromatic rings. The summed E-state index contributed by atoms with van der Waals surface area (Å²) < 4.78 is 25.2. The van der Waals surface area contributed by atoms with Gasteiger partial charge in [-0.2, -0.15) is 0 Å². The topological polar surface area (TPSA) is 59.9 Å². The summed E-state index contributed by atoms with van der Waals surface area (Å²) in [6.07, 6.45) is 1.65. The number of rotatable bonds is 6. The molecule has 0 saturated carbocycles. The second kappa shape index (κ2) is 10.3. The van der Waals surface area contributed by atoms with Gasteiger partial charge in [-0.05, 0) is 65.4 Å². The molecule has 168 valence electrons. The lowest BCUT2D eigenvalue weighted by atomic mass is 10.1. The minimum absolute atomic E-state index is 0.147. The lowest BCUT2D eigenvalue weighted by Crippen LogP contribution is -2.19. The first-order valence-electron chi connectivity index (χ1n) is 9.72. The third-order valence-corrected chi connectivity index (χ3v) is 6.01. The van der Waals surface area contributed by atoms with E-state index < -0.39 is 5.82 Å². The average molecular weight is 503 g/mol. The van der Waals surface area contributed by atoms with Gasteiger partial charge in [-0.3, -0.25) is 4.79 Å². The summed E-state index contributed by atoms with van der Waals surface area (Å²) in [5.41, 5.74) is 1.71. The van der Waals surface area contributed by atoms with E-state index in [-0.39, 0.29) is 23.4 Å². The normalized spacial score (nSPS) is 15.7. The minimum Gasteiger partial charge on any atom is -0.493 e. The molecule has 0 spiro atoms. The Hall–Kier alpha value is -3.00. The fourth-order valence-corrected chi connectivity index (χ4v) is 4.22. The lowest BCUT2D eigenvalue weighted by molar-refractivity contribution is -0.115. The molecule has 3 aromatic carbocycles. The van der Waals surface area contributed by atoms with E-state index in [4.69, 9.17) is 32.7 Å². The highest BCUT2D eigenvalue weighted by Crippen LogP contribution is 2.38. The molecule has 33 heavy (non-hydrogen) atoms. The fourth-order valence-electron chi connectivity index (χ4n) is 2.98. The van der Waals surface area contributed by atoms with Crippen LogP contribution in [0.15, 0.2) is 70.6 Å². The first kappa shape index (κ1) is 23.2. The fraction of sp³-hybridized carbons (Fsp3) is 0.0833. The number of ether oxygens (including phenoxy) is 2. The Labute approximate surface area is 204 Å². The minimum atomic E-state index is -0.469. The smallest absolute Gasteiger partial charge is 0.264 e. The summed E-state index contributed by atoms with van der Waals surface area (Å²) in [5, 5.41) is 3.90. The van der Waals surface area contributed by atoms with Gasteiger partial charge in [-0.1, -0.05) is 47.5 Å². The number of carbonyl (C=O) groups is 1. The van der Waals surface area contributed by atoms with Crippen molar-refractivity contribution < 1.29 is 18.7 Å². The number of carbonyl (C=O) groups excluding carboxylic acids is 1. The molecule has 1 saturated heterocycles. The van der Waals surface area contributed by atoms with Gasteiger partial charge in [0.1, 0.15) is 18.1 Å². The van der Waals surface area contributed by atoms with Gasteiger partial charge in [0.15, 0.2) is 16.7 Å². The van der Waals surface area contributed by atoms with Gasteiger partial charge < -0.3 is 14.8 Å². The van der Waals surface area contributed by atoms with Crippen LogP contribution in [0.2, 0.25) is 10.0 Å². The third-order valence-electron chi connectivity index (χ3n) is 4.57. The number of amidine groups is 1. The van der Waals surface area contributed by atoms with Gasteiger partial charge >= 0.3 is 0 Å². The number of hydrogen-bond donors (Lipinski definition) is 1. The summed E-state index contributed by atoms with van der Waals surface area (Å²) in [4.78, 5) is 16.9. The molecule has 1 fully saturated rings. The summed E-state index contributed by atoms with van der Waals surface area (Å²) >= 11 is 13.5. The van der Waals surface area contributed by atoms with Crippen LogP contribution in [0.5, 0.6) is 11.5 Å². The van der Waals surface area contributed by atoms with E-state index in [2.05, 4.69) is 10.3 Å². The number of halogens is 3. The Morgan fingerprint density at radius 3 is 2.61 bits per heavy atom. The van der Waals surface area contributed by atoms with Crippen molar-refractivity contribution in [2.24, 2.45) is 4.99 Å². The zero-order chi connectivity index (χ0) is 23.4. The van der Waals surface area contributed by atoms with E-state index in [1.807, 2.05) is 12.1 Å². The molecule has 4 rings (SSSR count). The number of nitrogens with zero attached hydrogens (tertiary/aromatic N) is 1. The number of para-hydroxylation sites is 1. The molecule has 0 unspecified atom stereocenters. The lowest BCUT2D eigenvalue weighted by Gasteiger charge is -2.13. The Morgan fingerprint density at radius 1 is 1.12 bits per heavy atom. The highest BCUT2D eigenvalue weighted by Gasteiger charge is 2.24. The predicted octanol–water partition coefficient (Wildman–Crippen LogP) is 6.61. The Kier molecular flexibility index (Phi) is 7.23. The van der Waals surface area contributed by atoms with Crippen molar-refractivity contribution in [1.82, 2.24) is 5.32 Å². The second-order valence-corrected chi connectivity index (χ2v) is 8.76. The van der Waals surface area contributed by atoms with Crippen LogP contribution in [-0.2, 0) is 11.4 Å². The van der Waals surface area contributed by atoms with Crippen molar-refractivity contribution in [3.05, 3.63) is 92.6 Å². The zero-order valence-corrected chi connectivity index (χ0v) is 19.6. The maximum atomic E-state index is 13.8. The first-order valence-corrected chi connectivity index (χ1v) is 11.3. The number of nitrogens with one attached hydrogen (secondary N) is 1. The van der Waals surface area contributed by atoms with Gasteiger partial charge in [-0.15, -0.1) is 0 Å². The highest BCUT2D eigenvalue weighted by molar-refractivity contribution is 8.18. The van der Waals surface area contributed by atoms with Crippen LogP contribution in [0.25, 0.3) is 6.08 Å². The van der Waals surface area contributed by atoms with Crippen LogP contribution in [0.4, 0.5) is 10.1 Å². The van der Waals surface area contributed by atoms with Gasteiger partial charge in [0, 0.05) is 5.02 Å². The molecule has 1 N–H and O–H groups in total. The molecule has 1 amide bonds. The Morgan fingerprint density at radius 2 is 1.88 bits per heavy atom. The quantitative estimate of drug-likeness (QED) is 0.385. The second-order valence-electron chi connectivity index (χ2n) is 6.88. The highest BCUT2D eigenvalue weighted by atomic mass is 35.5. The summed E-state index contributed by atoms with van der Waals surface area (Å²) in [6, 6.07) is 16.8. The van der Waals surface area contributed by atoms with Crippen molar-refractivity contribution in [3.63, 3.8) is 0 Å². The van der Waals surface area contributed by atoms with Crippen LogP contribution in [0, 0.1) is 5.82 Å². The largest absolute Gasteiger partial charge is 0.493 e. The molecule has 9 heteroatoms. The van der Waals surface area contributed by atoms with Crippen LogP contribution < -0.4 is 14.8 Å². The molecule has 0 bridgehead atoms. The number of benzene rings is 3. The molecule has 1 aliphatic rings. The molecular formula is C24H17Cl2FN2O3S. The Balaban J connectivity index is 1.54. The van der Waals surface area contributed by atoms with E-state index >= 15 is 0 Å². The summed E-state index contributed by atoms with van der Waals surface area (Å²) in [6.45, 7) is 0.280. The molecule has 0 aliphatic carbocycles. The monoisotopic (exact) mass is 502 g/mol. The molecule has 1 aliphatic heterocycles. The number of thioether (sulfide) groups is 1. The van der Waals surface area contributed by atoms with Gasteiger partial charge in [0.25, 0.3) is 5.91 Å². The van der Waals surface area contributed by atoms with E-state index in [0.717, 1.165) is 17.3 Å². The van der Waals surface area contributed by atoms with Crippen LogP contribution >= 0.6 is 35.0 Å². The zero-order valence-electron chi connectivity index (χ0n) is 17.3. The number of hydrogen-bond acceptors (Lipinski definition) is 5. The molecule has 5 nitrogen and oxygen atoms in total. The van der Waals surface area contributed by atoms with Gasteiger partial charge in [0.2, 0.25) is 0 Å². The van der Waals surface area contributed by atoms with Crippen molar-refractivity contribution in [1.29, 1.82) is 0 Å². The first-order chi connectivity index (χ1) is 15.9. The third kappa shape index (κ3) is 5.68. The Bertz CT molecular complexity index is 1260. The number of methoxy groups -OCH3 is 1. The molecule has 1 heterocycles. The van der Waals surface area contributed by atoms with E-state index in [9.17, 15) is 9.18 Å². The molecule has 0 aromatic heterocycles. The number of amides is 1. The van der Waals surface area contributed by atoms with E-state index in [1.165, 1.54) is 19.2 Å². The van der Waals surface area contributed by atoms with E-state index in [0.29, 0.717) is 32.0 Å². The number of aliphatic imine (C=N–C) groups is 1. The van der Waals surface area contributed by atoms with Crippen molar-refractivity contribution in [2.75, 3.05) is 7.11 Å². The summed E-state index contributed by atoms with van der Waals surface area (Å²) in [7, 11) is 1.51. The molecule has 0 atom stereocenters. The van der Waals surface area contributed by atoms with E-state index in [1.54, 1.807) is 42.5 Å². The predicted molar refractivity (Wildman–Crippen MR) is 131 cm³/mol. The average Bonchev–Trinajstić information content (AvgIpc) is 3.14. The SMILES string of the molecule is COc1cc(/C=C2\SC(=Nc3ccccc3F)NC2=O)cc(Cl)c1OCc1ccc(Cl)cc1. The maximum Gasteiger partial charge on any atom is 0.264 e.